The van der Waals surface area contributed by atoms with Gasteiger partial charge in [0.1, 0.15) is 0 Å². The molecule has 0 aliphatic carbocycles. The van der Waals surface area contributed by atoms with E-state index >= 15 is 0 Å². The molecule has 0 heterocycles. The van der Waals surface area contributed by atoms with Crippen LogP contribution in [-0.4, -0.2) is 11.8 Å². The molecular formula is C15H14ClN3O2. The molecule has 2 amide bonds. The van der Waals surface area contributed by atoms with Gasteiger partial charge in [-0.1, -0.05) is 11.6 Å². The molecule has 0 bridgehead atoms. The van der Waals surface area contributed by atoms with Gasteiger partial charge in [0.25, 0.3) is 5.91 Å². The average Bonchev–Trinajstić information content (AvgIpc) is 2.43. The van der Waals surface area contributed by atoms with Gasteiger partial charge in [-0.15, -0.1) is 0 Å². The van der Waals surface area contributed by atoms with Crippen molar-refractivity contribution in [2.45, 2.75) is 6.92 Å². The Labute approximate surface area is 126 Å². The van der Waals surface area contributed by atoms with Crippen molar-refractivity contribution in [2.24, 2.45) is 5.73 Å². The van der Waals surface area contributed by atoms with Crippen LogP contribution in [-0.2, 0) is 0 Å². The van der Waals surface area contributed by atoms with Crippen molar-refractivity contribution in [1.29, 1.82) is 0 Å². The molecule has 0 spiro atoms. The summed E-state index contributed by atoms with van der Waals surface area (Å²) in [6.07, 6.45) is 0. The van der Waals surface area contributed by atoms with Gasteiger partial charge in [-0.25, -0.2) is 0 Å². The number of hydrogen-bond donors (Lipinski definition) is 3. The first-order valence-corrected chi connectivity index (χ1v) is 6.53. The van der Waals surface area contributed by atoms with E-state index in [0.29, 0.717) is 16.9 Å². The third kappa shape index (κ3) is 3.32. The van der Waals surface area contributed by atoms with Crippen molar-refractivity contribution in [3.63, 3.8) is 0 Å². The zero-order chi connectivity index (χ0) is 15.6. The number of nitrogens with one attached hydrogen (secondary N) is 1. The van der Waals surface area contributed by atoms with E-state index in [1.165, 1.54) is 12.1 Å². The standard InChI is InChI=1S/C15H14ClN3O2/c1-8-6-9(2-5-13(8)17)15(21)19-10-3-4-12(16)11(7-10)14(18)20/h2-7H,17H2,1H3,(H2,18,20)(H,19,21). The molecule has 2 aromatic carbocycles. The molecule has 0 saturated carbocycles. The molecule has 108 valence electrons. The largest absolute Gasteiger partial charge is 0.399 e. The van der Waals surface area contributed by atoms with Gasteiger partial charge in [0, 0.05) is 16.9 Å². The molecule has 6 heteroatoms. The number of nitrogen functional groups attached to an aromatic ring is 1. The van der Waals surface area contributed by atoms with E-state index in [2.05, 4.69) is 5.32 Å². The number of halogens is 1. The molecule has 21 heavy (non-hydrogen) atoms. The summed E-state index contributed by atoms with van der Waals surface area (Å²) in [6, 6.07) is 9.52. The predicted octanol–water partition coefficient (Wildman–Crippen LogP) is 2.58. The van der Waals surface area contributed by atoms with Crippen molar-refractivity contribution in [3.8, 4) is 0 Å². The van der Waals surface area contributed by atoms with E-state index in [-0.39, 0.29) is 16.5 Å². The molecule has 5 N–H and O–H groups in total. The molecular weight excluding hydrogens is 290 g/mol. The summed E-state index contributed by atoms with van der Waals surface area (Å²) in [4.78, 5) is 23.4. The normalized spacial score (nSPS) is 10.2. The minimum Gasteiger partial charge on any atom is -0.399 e. The molecule has 0 fully saturated rings. The van der Waals surface area contributed by atoms with Crippen LogP contribution in [0.1, 0.15) is 26.3 Å². The Bertz CT molecular complexity index is 729. The number of anilines is 2. The molecule has 0 aliphatic heterocycles. The van der Waals surface area contributed by atoms with Crippen LogP contribution in [0.5, 0.6) is 0 Å². The summed E-state index contributed by atoms with van der Waals surface area (Å²) >= 11 is 5.86. The summed E-state index contributed by atoms with van der Waals surface area (Å²) in [7, 11) is 0. The summed E-state index contributed by atoms with van der Waals surface area (Å²) in [5, 5.41) is 2.92. The Morgan fingerprint density at radius 2 is 1.86 bits per heavy atom. The number of nitrogens with two attached hydrogens (primary N) is 2. The molecule has 0 unspecified atom stereocenters. The lowest BCUT2D eigenvalue weighted by molar-refractivity contribution is 0.0996. The fourth-order valence-electron chi connectivity index (χ4n) is 1.81. The second kappa shape index (κ2) is 5.85. The Morgan fingerprint density at radius 1 is 1.14 bits per heavy atom. The van der Waals surface area contributed by atoms with Crippen LogP contribution in [0.15, 0.2) is 36.4 Å². The van der Waals surface area contributed by atoms with Crippen molar-refractivity contribution in [2.75, 3.05) is 11.1 Å². The first-order valence-electron chi connectivity index (χ1n) is 6.15. The summed E-state index contributed by atoms with van der Waals surface area (Å²) < 4.78 is 0. The first kappa shape index (κ1) is 14.9. The fourth-order valence-corrected chi connectivity index (χ4v) is 2.02. The molecule has 5 nitrogen and oxygen atoms in total. The van der Waals surface area contributed by atoms with Gasteiger partial charge in [-0.2, -0.15) is 0 Å². The summed E-state index contributed by atoms with van der Waals surface area (Å²) in [5.74, 6) is -0.963. The van der Waals surface area contributed by atoms with Crippen LogP contribution in [0.25, 0.3) is 0 Å². The lowest BCUT2D eigenvalue weighted by Crippen LogP contribution is -2.15. The molecule has 2 aromatic rings. The number of hydrogen-bond acceptors (Lipinski definition) is 3. The van der Waals surface area contributed by atoms with Gasteiger partial charge >= 0.3 is 0 Å². The highest BCUT2D eigenvalue weighted by atomic mass is 35.5. The van der Waals surface area contributed by atoms with Crippen molar-refractivity contribution in [3.05, 3.63) is 58.1 Å². The number of benzene rings is 2. The zero-order valence-electron chi connectivity index (χ0n) is 11.3. The van der Waals surface area contributed by atoms with Crippen LogP contribution >= 0.6 is 11.6 Å². The van der Waals surface area contributed by atoms with Gasteiger partial charge in [0.2, 0.25) is 5.91 Å². The smallest absolute Gasteiger partial charge is 0.255 e. The van der Waals surface area contributed by atoms with Gasteiger partial charge in [0.05, 0.1) is 10.6 Å². The van der Waals surface area contributed by atoms with Gasteiger partial charge < -0.3 is 16.8 Å². The fraction of sp³-hybridized carbons (Fsp3) is 0.0667. The lowest BCUT2D eigenvalue weighted by Gasteiger charge is -2.09. The van der Waals surface area contributed by atoms with Crippen LogP contribution in [0, 0.1) is 6.92 Å². The Kier molecular flexibility index (Phi) is 4.14. The Hall–Kier alpha value is -2.53. The lowest BCUT2D eigenvalue weighted by atomic mass is 10.1. The van der Waals surface area contributed by atoms with E-state index in [4.69, 9.17) is 23.1 Å². The number of rotatable bonds is 3. The second-order valence-electron chi connectivity index (χ2n) is 4.58. The Balaban J connectivity index is 2.25. The number of carbonyl (C=O) groups is 2. The first-order chi connectivity index (χ1) is 9.88. The number of primary amides is 1. The zero-order valence-corrected chi connectivity index (χ0v) is 12.1. The molecule has 2 rings (SSSR count). The highest BCUT2D eigenvalue weighted by Gasteiger charge is 2.11. The highest BCUT2D eigenvalue weighted by Crippen LogP contribution is 2.21. The molecule has 0 saturated heterocycles. The number of carbonyl (C=O) groups excluding carboxylic acids is 2. The van der Waals surface area contributed by atoms with E-state index in [1.807, 2.05) is 6.92 Å². The third-order valence-corrected chi connectivity index (χ3v) is 3.35. The van der Waals surface area contributed by atoms with Crippen LogP contribution < -0.4 is 16.8 Å². The number of amides is 2. The van der Waals surface area contributed by atoms with Crippen LogP contribution in [0.4, 0.5) is 11.4 Å². The maximum absolute atomic E-state index is 12.1. The monoisotopic (exact) mass is 303 g/mol. The Morgan fingerprint density at radius 3 is 2.48 bits per heavy atom. The van der Waals surface area contributed by atoms with Gasteiger partial charge in [0.15, 0.2) is 0 Å². The average molecular weight is 304 g/mol. The van der Waals surface area contributed by atoms with Gasteiger partial charge in [-0.3, -0.25) is 9.59 Å². The molecule has 0 atom stereocenters. The summed E-state index contributed by atoms with van der Waals surface area (Å²) in [5.41, 5.74) is 13.4. The topological polar surface area (TPSA) is 98.2 Å². The quantitative estimate of drug-likeness (QED) is 0.760. The maximum atomic E-state index is 12.1. The van der Waals surface area contributed by atoms with E-state index < -0.39 is 5.91 Å². The van der Waals surface area contributed by atoms with E-state index in [1.54, 1.807) is 24.3 Å². The second-order valence-corrected chi connectivity index (χ2v) is 4.99. The van der Waals surface area contributed by atoms with Crippen molar-refractivity contribution in [1.82, 2.24) is 0 Å². The molecule has 0 radical (unpaired) electrons. The minimum absolute atomic E-state index is 0.156. The van der Waals surface area contributed by atoms with Crippen molar-refractivity contribution < 1.29 is 9.59 Å². The van der Waals surface area contributed by atoms with E-state index in [0.717, 1.165) is 5.56 Å². The summed E-state index contributed by atoms with van der Waals surface area (Å²) in [6.45, 7) is 1.82. The minimum atomic E-state index is -0.653. The predicted molar refractivity (Wildman–Crippen MR) is 83.5 cm³/mol. The molecule has 0 aromatic heterocycles. The van der Waals surface area contributed by atoms with Crippen molar-refractivity contribution >= 4 is 34.8 Å². The van der Waals surface area contributed by atoms with Crippen LogP contribution in [0.2, 0.25) is 5.02 Å². The van der Waals surface area contributed by atoms with Gasteiger partial charge in [-0.05, 0) is 48.9 Å². The van der Waals surface area contributed by atoms with E-state index in [9.17, 15) is 9.59 Å². The SMILES string of the molecule is Cc1cc(C(=O)Nc2ccc(Cl)c(C(N)=O)c2)ccc1N. The highest BCUT2D eigenvalue weighted by molar-refractivity contribution is 6.34. The third-order valence-electron chi connectivity index (χ3n) is 3.02. The maximum Gasteiger partial charge on any atom is 0.255 e. The van der Waals surface area contributed by atoms with Crippen LogP contribution in [0.3, 0.4) is 0 Å². The molecule has 0 aliphatic rings. The number of aryl methyl sites for hydroxylation is 1.